The molecule has 1 atom stereocenters. The van der Waals surface area contributed by atoms with E-state index < -0.39 is 4.92 Å². The first kappa shape index (κ1) is 21.5. The second-order valence-electron chi connectivity index (χ2n) is 7.54. The maximum Gasteiger partial charge on any atom is 0.269 e. The number of hydrogen-bond donors (Lipinski definition) is 1. The molecule has 0 aliphatic carbocycles. The van der Waals surface area contributed by atoms with Crippen LogP contribution in [0.5, 0.6) is 0 Å². The molecule has 9 heteroatoms. The van der Waals surface area contributed by atoms with Gasteiger partial charge in [-0.2, -0.15) is 0 Å². The molecular formula is C23H23FN4O4. The Balaban J connectivity index is 1.39. The highest BCUT2D eigenvalue weighted by Gasteiger charge is 2.27. The molecule has 1 N–H and O–H groups in total. The molecule has 1 aliphatic rings. The van der Waals surface area contributed by atoms with E-state index in [4.69, 9.17) is 4.42 Å². The average molecular weight is 438 g/mol. The molecule has 8 nitrogen and oxygen atoms in total. The van der Waals surface area contributed by atoms with Gasteiger partial charge in [-0.15, -0.1) is 0 Å². The van der Waals surface area contributed by atoms with E-state index >= 15 is 0 Å². The predicted molar refractivity (Wildman–Crippen MR) is 117 cm³/mol. The van der Waals surface area contributed by atoms with Crippen molar-refractivity contribution in [1.29, 1.82) is 0 Å². The average Bonchev–Trinajstić information content (AvgIpc) is 3.35. The van der Waals surface area contributed by atoms with Gasteiger partial charge in [0, 0.05) is 56.1 Å². The third kappa shape index (κ3) is 4.94. The van der Waals surface area contributed by atoms with Crippen LogP contribution in [0.1, 0.15) is 22.2 Å². The minimum Gasteiger partial charge on any atom is -0.468 e. The molecular weight excluding hydrogens is 415 g/mol. The normalized spacial score (nSPS) is 15.3. The Morgan fingerprint density at radius 1 is 1.06 bits per heavy atom. The highest BCUT2D eigenvalue weighted by Crippen LogP contribution is 2.25. The number of benzene rings is 2. The minimum absolute atomic E-state index is 0.0611. The lowest BCUT2D eigenvalue weighted by molar-refractivity contribution is -0.384. The molecule has 2 heterocycles. The van der Waals surface area contributed by atoms with E-state index in [1.165, 1.54) is 36.4 Å². The number of furan rings is 1. The Morgan fingerprint density at radius 3 is 2.34 bits per heavy atom. The maximum atomic E-state index is 13.2. The molecule has 1 fully saturated rings. The summed E-state index contributed by atoms with van der Waals surface area (Å²) in [5.74, 6) is 0.194. The van der Waals surface area contributed by atoms with Gasteiger partial charge < -0.3 is 14.6 Å². The summed E-state index contributed by atoms with van der Waals surface area (Å²) in [7, 11) is 0. The smallest absolute Gasteiger partial charge is 0.269 e. The number of nitro groups is 1. The van der Waals surface area contributed by atoms with Gasteiger partial charge in [0.1, 0.15) is 11.6 Å². The Morgan fingerprint density at radius 2 is 1.75 bits per heavy atom. The van der Waals surface area contributed by atoms with Crippen LogP contribution >= 0.6 is 0 Å². The summed E-state index contributed by atoms with van der Waals surface area (Å²) in [4.78, 5) is 27.3. The number of amides is 1. The molecule has 0 radical (unpaired) electrons. The first-order valence-electron chi connectivity index (χ1n) is 10.3. The van der Waals surface area contributed by atoms with Gasteiger partial charge in [-0.3, -0.25) is 19.8 Å². The lowest BCUT2D eigenvalue weighted by Crippen LogP contribution is -2.49. The topological polar surface area (TPSA) is 91.9 Å². The van der Waals surface area contributed by atoms with Gasteiger partial charge in [-0.25, -0.2) is 4.39 Å². The summed E-state index contributed by atoms with van der Waals surface area (Å²) in [5.41, 5.74) is 1.27. The van der Waals surface area contributed by atoms with Crippen LogP contribution in [0, 0.1) is 15.9 Å². The second-order valence-corrected chi connectivity index (χ2v) is 7.54. The number of nitrogens with one attached hydrogen (secondary N) is 1. The van der Waals surface area contributed by atoms with Crippen molar-refractivity contribution in [3.63, 3.8) is 0 Å². The molecule has 166 valence electrons. The zero-order valence-corrected chi connectivity index (χ0v) is 17.3. The number of nitrogens with zero attached hydrogens (tertiary/aromatic N) is 3. The summed E-state index contributed by atoms with van der Waals surface area (Å²) in [6.07, 6.45) is 1.61. The lowest BCUT2D eigenvalue weighted by atomic mass is 10.1. The molecule has 1 aromatic heterocycles. The molecule has 0 bridgehead atoms. The first-order chi connectivity index (χ1) is 15.5. The number of hydrogen-bond acceptors (Lipinski definition) is 6. The lowest BCUT2D eigenvalue weighted by Gasteiger charge is -2.39. The van der Waals surface area contributed by atoms with Crippen molar-refractivity contribution in [2.24, 2.45) is 0 Å². The first-order valence-corrected chi connectivity index (χ1v) is 10.3. The van der Waals surface area contributed by atoms with Crippen LogP contribution < -0.4 is 10.2 Å². The maximum absolute atomic E-state index is 13.2. The van der Waals surface area contributed by atoms with E-state index in [0.717, 1.165) is 37.6 Å². The zero-order valence-electron chi connectivity index (χ0n) is 17.3. The predicted octanol–water partition coefficient (Wildman–Crippen LogP) is 3.62. The summed E-state index contributed by atoms with van der Waals surface area (Å²) < 4.78 is 18.8. The van der Waals surface area contributed by atoms with Crippen molar-refractivity contribution in [3.05, 3.63) is 94.2 Å². The monoisotopic (exact) mass is 438 g/mol. The zero-order chi connectivity index (χ0) is 22.5. The van der Waals surface area contributed by atoms with Gasteiger partial charge in [0.2, 0.25) is 0 Å². The van der Waals surface area contributed by atoms with Crippen LogP contribution in [-0.4, -0.2) is 48.5 Å². The SMILES string of the molecule is O=C(NCC(c1ccco1)N1CCN(c2ccc(F)cc2)CC1)c1ccc([N+](=O)[O-])cc1. The number of carbonyl (C=O) groups excluding carboxylic acids is 1. The van der Waals surface area contributed by atoms with E-state index in [0.29, 0.717) is 12.1 Å². The molecule has 1 amide bonds. The number of anilines is 1. The van der Waals surface area contributed by atoms with Crippen LogP contribution in [-0.2, 0) is 0 Å². The van der Waals surface area contributed by atoms with Crippen molar-refractivity contribution < 1.29 is 18.5 Å². The quantitative estimate of drug-likeness (QED) is 0.448. The van der Waals surface area contributed by atoms with Crippen LogP contribution in [0.3, 0.4) is 0 Å². The fourth-order valence-electron chi connectivity index (χ4n) is 3.86. The Labute approximate surface area is 184 Å². The summed E-state index contributed by atoms with van der Waals surface area (Å²) >= 11 is 0. The third-order valence-corrected chi connectivity index (χ3v) is 5.61. The van der Waals surface area contributed by atoms with E-state index in [1.54, 1.807) is 18.4 Å². The minimum atomic E-state index is -0.500. The van der Waals surface area contributed by atoms with E-state index in [-0.39, 0.29) is 23.5 Å². The Bertz CT molecular complexity index is 1050. The Kier molecular flexibility index (Phi) is 6.46. The van der Waals surface area contributed by atoms with Crippen LogP contribution in [0.15, 0.2) is 71.3 Å². The summed E-state index contributed by atoms with van der Waals surface area (Å²) in [6, 6.07) is 15.5. The molecule has 0 spiro atoms. The van der Waals surface area contributed by atoms with Crippen molar-refractivity contribution in [3.8, 4) is 0 Å². The van der Waals surface area contributed by atoms with Crippen molar-refractivity contribution in [2.75, 3.05) is 37.6 Å². The molecule has 32 heavy (non-hydrogen) atoms. The molecule has 2 aromatic carbocycles. The number of carbonyl (C=O) groups is 1. The van der Waals surface area contributed by atoms with E-state index in [1.807, 2.05) is 12.1 Å². The van der Waals surface area contributed by atoms with Gasteiger partial charge in [-0.1, -0.05) is 0 Å². The molecule has 0 saturated carbocycles. The standard InChI is InChI=1S/C23H23FN4O4/c24-18-5-9-19(10-6-18)26-11-13-27(14-12-26)21(22-2-1-15-32-22)16-25-23(29)17-3-7-20(8-4-17)28(30)31/h1-10,15,21H,11-14,16H2,(H,25,29). The fourth-order valence-corrected chi connectivity index (χ4v) is 3.86. The largest absolute Gasteiger partial charge is 0.468 e. The number of rotatable bonds is 7. The van der Waals surface area contributed by atoms with Gasteiger partial charge in [0.25, 0.3) is 11.6 Å². The van der Waals surface area contributed by atoms with Crippen LogP contribution in [0.4, 0.5) is 15.8 Å². The van der Waals surface area contributed by atoms with E-state index in [9.17, 15) is 19.3 Å². The number of halogens is 1. The van der Waals surface area contributed by atoms with Crippen LogP contribution in [0.25, 0.3) is 0 Å². The molecule has 4 rings (SSSR count). The molecule has 1 unspecified atom stereocenters. The van der Waals surface area contributed by atoms with Crippen molar-refractivity contribution in [1.82, 2.24) is 10.2 Å². The van der Waals surface area contributed by atoms with Gasteiger partial charge in [-0.05, 0) is 48.5 Å². The fraction of sp³-hybridized carbons (Fsp3) is 0.261. The molecule has 1 saturated heterocycles. The highest BCUT2D eigenvalue weighted by atomic mass is 19.1. The number of nitro benzene ring substituents is 1. The number of non-ortho nitro benzene ring substituents is 1. The van der Waals surface area contributed by atoms with E-state index in [2.05, 4.69) is 15.1 Å². The van der Waals surface area contributed by atoms with Gasteiger partial charge in [0.05, 0.1) is 17.2 Å². The second kappa shape index (κ2) is 9.61. The molecule has 1 aliphatic heterocycles. The number of piperazine rings is 1. The third-order valence-electron chi connectivity index (χ3n) is 5.61. The summed E-state index contributed by atoms with van der Waals surface area (Å²) in [6.45, 7) is 3.35. The highest BCUT2D eigenvalue weighted by molar-refractivity contribution is 5.94. The van der Waals surface area contributed by atoms with Crippen molar-refractivity contribution in [2.45, 2.75) is 6.04 Å². The van der Waals surface area contributed by atoms with Gasteiger partial charge in [0.15, 0.2) is 0 Å². The summed E-state index contributed by atoms with van der Waals surface area (Å²) in [5, 5.41) is 13.7. The molecule has 3 aromatic rings. The van der Waals surface area contributed by atoms with Crippen molar-refractivity contribution >= 4 is 17.3 Å². The van der Waals surface area contributed by atoms with Gasteiger partial charge >= 0.3 is 0 Å². The van der Waals surface area contributed by atoms with Crippen LogP contribution in [0.2, 0.25) is 0 Å². The Hall–Kier alpha value is -3.72.